The second-order valence-corrected chi connectivity index (χ2v) is 6.76. The van der Waals surface area contributed by atoms with Gasteiger partial charge in [0, 0.05) is 11.7 Å². The smallest absolute Gasteiger partial charge is 0.263 e. The van der Waals surface area contributed by atoms with Crippen LogP contribution < -0.4 is 16.6 Å². The Kier molecular flexibility index (Phi) is 4.86. The highest BCUT2D eigenvalue weighted by Gasteiger charge is 2.19. The number of hydrogen-bond acceptors (Lipinski definition) is 6. The van der Waals surface area contributed by atoms with Gasteiger partial charge < -0.3 is 11.1 Å². The van der Waals surface area contributed by atoms with Crippen molar-refractivity contribution in [1.82, 2.24) is 14.4 Å². The average molecular weight is 400 g/mol. The van der Waals surface area contributed by atoms with Crippen molar-refractivity contribution in [2.75, 3.05) is 11.1 Å². The highest BCUT2D eigenvalue weighted by atomic mass is 19.1. The van der Waals surface area contributed by atoms with Crippen LogP contribution in [0, 0.1) is 17.1 Å². The van der Waals surface area contributed by atoms with Crippen LogP contribution in [0.3, 0.4) is 0 Å². The molecule has 0 saturated carbocycles. The third-order valence-corrected chi connectivity index (χ3v) is 4.78. The van der Waals surface area contributed by atoms with E-state index in [2.05, 4.69) is 15.3 Å². The number of benzene rings is 1. The van der Waals surface area contributed by atoms with Crippen LogP contribution in [0.4, 0.5) is 16.2 Å². The van der Waals surface area contributed by atoms with Gasteiger partial charge in [-0.1, -0.05) is 30.3 Å². The number of nitriles is 1. The molecule has 4 aromatic rings. The molecule has 4 rings (SSSR count). The predicted molar refractivity (Wildman–Crippen MR) is 112 cm³/mol. The van der Waals surface area contributed by atoms with E-state index < -0.39 is 11.9 Å². The second-order valence-electron chi connectivity index (χ2n) is 6.76. The van der Waals surface area contributed by atoms with E-state index in [1.54, 1.807) is 6.07 Å². The molecule has 0 fully saturated rings. The number of anilines is 2. The molecule has 1 aromatic carbocycles. The van der Waals surface area contributed by atoms with Crippen LogP contribution in [0.25, 0.3) is 16.6 Å². The van der Waals surface area contributed by atoms with Crippen molar-refractivity contribution in [2.24, 2.45) is 0 Å². The molecule has 3 heterocycles. The Hall–Kier alpha value is -4.25. The van der Waals surface area contributed by atoms with Gasteiger partial charge in [-0.15, -0.1) is 0 Å². The minimum absolute atomic E-state index is 0.0287. The van der Waals surface area contributed by atoms with Gasteiger partial charge in [-0.25, -0.2) is 9.37 Å². The summed E-state index contributed by atoms with van der Waals surface area (Å²) in [5.74, 6) is -0.200. The molecule has 3 N–H and O–H groups in total. The van der Waals surface area contributed by atoms with E-state index in [4.69, 9.17) is 5.73 Å². The summed E-state index contributed by atoms with van der Waals surface area (Å²) in [6.07, 6.45) is 2.51. The molecule has 0 radical (unpaired) electrons. The molecule has 0 aliphatic heterocycles. The lowest BCUT2D eigenvalue weighted by Crippen LogP contribution is -2.21. The van der Waals surface area contributed by atoms with E-state index in [0.29, 0.717) is 22.2 Å². The van der Waals surface area contributed by atoms with Gasteiger partial charge in [0.25, 0.3) is 5.56 Å². The van der Waals surface area contributed by atoms with Gasteiger partial charge in [-0.3, -0.25) is 9.20 Å². The number of nitrogens with one attached hydrogen (secondary N) is 1. The fourth-order valence-corrected chi connectivity index (χ4v) is 3.36. The summed E-state index contributed by atoms with van der Waals surface area (Å²) in [6.45, 7) is 1.85. The van der Waals surface area contributed by atoms with Crippen LogP contribution in [0.15, 0.2) is 65.7 Å². The fraction of sp³-hybridized carbons (Fsp3) is 0.0909. The zero-order chi connectivity index (χ0) is 21.3. The Balaban J connectivity index is 1.92. The number of halogens is 1. The largest absolute Gasteiger partial charge is 0.368 e. The van der Waals surface area contributed by atoms with E-state index in [1.807, 2.05) is 49.4 Å². The summed E-state index contributed by atoms with van der Waals surface area (Å²) in [5.41, 5.74) is 7.92. The van der Waals surface area contributed by atoms with Crippen molar-refractivity contribution in [3.05, 3.63) is 88.2 Å². The number of nitrogen functional groups attached to an aromatic ring is 1. The zero-order valence-corrected chi connectivity index (χ0v) is 16.0. The van der Waals surface area contributed by atoms with Gasteiger partial charge in [-0.2, -0.15) is 10.2 Å². The number of nitrogens with two attached hydrogens (primary N) is 1. The molecule has 0 bridgehead atoms. The maximum Gasteiger partial charge on any atom is 0.263 e. The van der Waals surface area contributed by atoms with Crippen molar-refractivity contribution >= 4 is 17.3 Å². The van der Waals surface area contributed by atoms with Gasteiger partial charge in [0.2, 0.25) is 5.95 Å². The Morgan fingerprint density at radius 1 is 1.23 bits per heavy atom. The van der Waals surface area contributed by atoms with Crippen molar-refractivity contribution in [2.45, 2.75) is 13.0 Å². The summed E-state index contributed by atoms with van der Waals surface area (Å²) >= 11 is 0. The molecule has 0 spiro atoms. The highest BCUT2D eigenvalue weighted by molar-refractivity contribution is 5.71. The number of hydrogen-bond donors (Lipinski definition) is 2. The van der Waals surface area contributed by atoms with E-state index in [0.717, 1.165) is 0 Å². The van der Waals surface area contributed by atoms with E-state index in [1.165, 1.54) is 22.9 Å². The fourth-order valence-electron chi connectivity index (χ4n) is 3.36. The lowest BCUT2D eigenvalue weighted by Gasteiger charge is -2.20. The Bertz CT molecular complexity index is 1340. The number of rotatable bonds is 4. The summed E-state index contributed by atoms with van der Waals surface area (Å²) in [5, 5.41) is 12.5. The van der Waals surface area contributed by atoms with E-state index >= 15 is 0 Å². The third-order valence-electron chi connectivity index (χ3n) is 4.78. The normalized spacial score (nSPS) is 11.8. The van der Waals surface area contributed by atoms with Crippen LogP contribution in [0.2, 0.25) is 0 Å². The van der Waals surface area contributed by atoms with Crippen LogP contribution >= 0.6 is 0 Å². The predicted octanol–water partition coefficient (Wildman–Crippen LogP) is 3.52. The lowest BCUT2D eigenvalue weighted by molar-refractivity contribution is 0.618. The summed E-state index contributed by atoms with van der Waals surface area (Å²) in [7, 11) is 0. The molecular weight excluding hydrogens is 383 g/mol. The number of fused-ring (bicyclic) bond motifs is 1. The maximum atomic E-state index is 13.8. The topological polar surface area (TPSA) is 109 Å². The molecule has 0 aliphatic rings. The van der Waals surface area contributed by atoms with Gasteiger partial charge in [0.05, 0.1) is 17.8 Å². The minimum Gasteiger partial charge on any atom is -0.368 e. The average Bonchev–Trinajstić information content (AvgIpc) is 2.75. The van der Waals surface area contributed by atoms with Crippen LogP contribution in [0.1, 0.15) is 24.1 Å². The van der Waals surface area contributed by atoms with Crippen molar-refractivity contribution in [1.29, 1.82) is 5.26 Å². The second kappa shape index (κ2) is 7.64. The molecule has 3 aromatic heterocycles. The summed E-state index contributed by atoms with van der Waals surface area (Å²) in [4.78, 5) is 21.2. The molecule has 1 atom stereocenters. The van der Waals surface area contributed by atoms with Gasteiger partial charge in [0.1, 0.15) is 23.3 Å². The molecule has 30 heavy (non-hydrogen) atoms. The number of aromatic nitrogens is 3. The quantitative estimate of drug-likeness (QED) is 0.542. The van der Waals surface area contributed by atoms with Crippen LogP contribution in [-0.4, -0.2) is 14.4 Å². The van der Waals surface area contributed by atoms with Crippen molar-refractivity contribution in [3.63, 3.8) is 0 Å². The molecule has 8 heteroatoms. The van der Waals surface area contributed by atoms with Gasteiger partial charge in [0.15, 0.2) is 0 Å². The number of pyridine rings is 2. The van der Waals surface area contributed by atoms with Crippen molar-refractivity contribution < 1.29 is 4.39 Å². The molecule has 0 aliphatic carbocycles. The van der Waals surface area contributed by atoms with Gasteiger partial charge >= 0.3 is 0 Å². The van der Waals surface area contributed by atoms with Crippen molar-refractivity contribution in [3.8, 4) is 17.2 Å². The molecule has 0 saturated heterocycles. The Morgan fingerprint density at radius 2 is 2.00 bits per heavy atom. The van der Waals surface area contributed by atoms with Crippen LogP contribution in [-0.2, 0) is 0 Å². The molecular formula is C22H17FN6O. The Morgan fingerprint density at radius 3 is 2.73 bits per heavy atom. The maximum absolute atomic E-state index is 13.8. The first-order valence-electron chi connectivity index (χ1n) is 9.17. The number of nitrogens with zero attached hydrogens (tertiary/aromatic N) is 4. The minimum atomic E-state index is -0.502. The SMILES string of the molecule is C[C@H](Nc1nc(N)ncc1C#N)c1cc2ccc(F)cn2c(=O)c1-c1ccccc1. The molecule has 7 nitrogen and oxygen atoms in total. The summed E-state index contributed by atoms with van der Waals surface area (Å²) < 4.78 is 15.1. The first kappa shape index (κ1) is 19.1. The third kappa shape index (κ3) is 3.44. The van der Waals surface area contributed by atoms with Crippen LogP contribution in [0.5, 0.6) is 0 Å². The van der Waals surface area contributed by atoms with E-state index in [-0.39, 0.29) is 22.9 Å². The Labute approximate surface area is 171 Å². The van der Waals surface area contributed by atoms with E-state index in [9.17, 15) is 14.4 Å². The highest BCUT2D eigenvalue weighted by Crippen LogP contribution is 2.29. The summed E-state index contributed by atoms with van der Waals surface area (Å²) in [6, 6.07) is 15.4. The molecule has 148 valence electrons. The first-order chi connectivity index (χ1) is 14.5. The lowest BCUT2D eigenvalue weighted by atomic mass is 9.96. The van der Waals surface area contributed by atoms with Gasteiger partial charge in [-0.05, 0) is 36.2 Å². The molecule has 0 amide bonds. The molecule has 0 unspecified atom stereocenters. The first-order valence-corrected chi connectivity index (χ1v) is 9.17. The zero-order valence-electron chi connectivity index (χ0n) is 16.0. The standard InChI is InChI=1S/C22H17FN6O/c1-13(27-20-15(10-24)11-26-22(25)28-20)18-9-17-8-7-16(23)12-29(17)21(30)19(18)14-5-3-2-4-6-14/h2-9,11-13H,1H3,(H3,25,26,27,28)/t13-/m0/s1. The monoisotopic (exact) mass is 400 g/mol.